The number of carbonyl (C=O) groups excluding carboxylic acids is 1. The first-order chi connectivity index (χ1) is 12.0. The lowest BCUT2D eigenvalue weighted by molar-refractivity contribution is -0.121. The van der Waals surface area contributed by atoms with E-state index >= 15 is 0 Å². The number of fused-ring (bicyclic) bond motifs is 1. The first kappa shape index (κ1) is 16.8. The van der Waals surface area contributed by atoms with Gasteiger partial charge in [0, 0.05) is 0 Å². The van der Waals surface area contributed by atoms with Crippen LogP contribution in [0.5, 0.6) is 11.5 Å². The number of nitrogens with one attached hydrogen (secondary N) is 1. The monoisotopic (exact) mass is 341 g/mol. The summed E-state index contributed by atoms with van der Waals surface area (Å²) in [4.78, 5) is 23.2. The first-order valence-electron chi connectivity index (χ1n) is 8.04. The summed E-state index contributed by atoms with van der Waals surface area (Å²) >= 11 is 0. The minimum absolute atomic E-state index is 0.121. The second-order valence-electron chi connectivity index (χ2n) is 5.87. The van der Waals surface area contributed by atoms with Gasteiger partial charge >= 0.3 is 5.97 Å². The van der Waals surface area contributed by atoms with Crippen LogP contribution >= 0.6 is 0 Å². The van der Waals surface area contributed by atoms with Crippen molar-refractivity contribution >= 4 is 11.9 Å². The molecule has 130 valence electrons. The molecule has 0 aromatic heterocycles. The van der Waals surface area contributed by atoms with Crippen LogP contribution in [0.2, 0.25) is 0 Å². The van der Waals surface area contributed by atoms with E-state index in [2.05, 4.69) is 5.32 Å². The fraction of sp³-hybridized carbons (Fsp3) is 0.263. The molecule has 1 amide bonds. The van der Waals surface area contributed by atoms with Crippen molar-refractivity contribution in [1.82, 2.24) is 5.32 Å². The minimum Gasteiger partial charge on any atom is -0.486 e. The Morgan fingerprint density at radius 1 is 1.12 bits per heavy atom. The normalized spacial score (nSPS) is 13.8. The number of carbonyl (C=O) groups is 2. The third-order valence-electron chi connectivity index (χ3n) is 3.98. The molecule has 1 aliphatic rings. The standard InChI is InChI=1S/C19H19NO5/c1-12(14-5-6-16-17(11-14)25-8-7-24-16)20-18(21)10-13-3-2-4-15(9-13)19(22)23/h2-6,9,11-12H,7-8,10H2,1H3,(H,20,21)(H,22,23)/t12-/m0/s1. The molecule has 0 unspecified atom stereocenters. The quantitative estimate of drug-likeness (QED) is 0.873. The highest BCUT2D eigenvalue weighted by atomic mass is 16.6. The summed E-state index contributed by atoms with van der Waals surface area (Å²) in [5, 5.41) is 11.9. The van der Waals surface area contributed by atoms with Gasteiger partial charge in [0.25, 0.3) is 0 Å². The zero-order chi connectivity index (χ0) is 17.8. The molecule has 0 radical (unpaired) electrons. The zero-order valence-electron chi connectivity index (χ0n) is 13.8. The van der Waals surface area contributed by atoms with Crippen molar-refractivity contribution in [3.63, 3.8) is 0 Å². The molecule has 2 N–H and O–H groups in total. The Kier molecular flexibility index (Phi) is 4.88. The SMILES string of the molecule is C[C@H](NC(=O)Cc1cccc(C(=O)O)c1)c1ccc2c(c1)OCCO2. The van der Waals surface area contributed by atoms with E-state index < -0.39 is 5.97 Å². The van der Waals surface area contributed by atoms with E-state index in [1.54, 1.807) is 12.1 Å². The second kappa shape index (κ2) is 7.25. The van der Waals surface area contributed by atoms with E-state index in [1.807, 2.05) is 25.1 Å². The number of amides is 1. The fourth-order valence-electron chi connectivity index (χ4n) is 2.70. The van der Waals surface area contributed by atoms with Crippen molar-refractivity contribution in [3.8, 4) is 11.5 Å². The van der Waals surface area contributed by atoms with E-state index in [9.17, 15) is 9.59 Å². The highest BCUT2D eigenvalue weighted by molar-refractivity contribution is 5.88. The molecular weight excluding hydrogens is 322 g/mol. The molecule has 1 atom stereocenters. The maximum absolute atomic E-state index is 12.3. The maximum Gasteiger partial charge on any atom is 0.335 e. The van der Waals surface area contributed by atoms with E-state index in [0.717, 1.165) is 5.56 Å². The van der Waals surface area contributed by atoms with E-state index in [4.69, 9.17) is 14.6 Å². The lowest BCUT2D eigenvalue weighted by Crippen LogP contribution is -2.28. The summed E-state index contributed by atoms with van der Waals surface area (Å²) in [5.74, 6) is 0.204. The highest BCUT2D eigenvalue weighted by Crippen LogP contribution is 2.32. The van der Waals surface area contributed by atoms with Crippen LogP contribution in [0.15, 0.2) is 42.5 Å². The number of rotatable bonds is 5. The minimum atomic E-state index is -1.01. The van der Waals surface area contributed by atoms with Gasteiger partial charge in [0.05, 0.1) is 18.0 Å². The molecule has 0 fully saturated rings. The molecule has 2 aromatic carbocycles. The Bertz CT molecular complexity index is 802. The predicted molar refractivity (Wildman–Crippen MR) is 91.1 cm³/mol. The summed E-state index contributed by atoms with van der Waals surface area (Å²) in [6.45, 7) is 2.93. The molecule has 0 saturated heterocycles. The molecule has 0 bridgehead atoms. The number of hydrogen-bond acceptors (Lipinski definition) is 4. The van der Waals surface area contributed by atoms with Gasteiger partial charge in [-0.05, 0) is 42.3 Å². The highest BCUT2D eigenvalue weighted by Gasteiger charge is 2.16. The third-order valence-corrected chi connectivity index (χ3v) is 3.98. The largest absolute Gasteiger partial charge is 0.486 e. The van der Waals surface area contributed by atoms with Crippen molar-refractivity contribution in [2.45, 2.75) is 19.4 Å². The van der Waals surface area contributed by atoms with Gasteiger partial charge in [0.2, 0.25) is 5.91 Å². The fourth-order valence-corrected chi connectivity index (χ4v) is 2.70. The second-order valence-corrected chi connectivity index (χ2v) is 5.87. The predicted octanol–water partition coefficient (Wildman–Crippen LogP) is 2.58. The van der Waals surface area contributed by atoms with Crippen molar-refractivity contribution < 1.29 is 24.2 Å². The van der Waals surface area contributed by atoms with Crippen LogP contribution in [0, 0.1) is 0 Å². The Labute approximate surface area is 145 Å². The van der Waals surface area contributed by atoms with Gasteiger partial charge in [-0.15, -0.1) is 0 Å². The van der Waals surface area contributed by atoms with E-state index in [0.29, 0.717) is 30.3 Å². The lowest BCUT2D eigenvalue weighted by Gasteiger charge is -2.21. The van der Waals surface area contributed by atoms with E-state index in [1.165, 1.54) is 12.1 Å². The van der Waals surface area contributed by atoms with Crippen molar-refractivity contribution in [2.24, 2.45) is 0 Å². The van der Waals surface area contributed by atoms with Crippen LogP contribution in [-0.4, -0.2) is 30.2 Å². The average molecular weight is 341 g/mol. The summed E-state index contributed by atoms with van der Waals surface area (Å²) in [5.41, 5.74) is 1.74. The zero-order valence-corrected chi connectivity index (χ0v) is 13.8. The van der Waals surface area contributed by atoms with Crippen LogP contribution in [0.3, 0.4) is 0 Å². The van der Waals surface area contributed by atoms with Crippen LogP contribution in [0.25, 0.3) is 0 Å². The molecule has 0 saturated carbocycles. The molecular formula is C19H19NO5. The summed E-state index contributed by atoms with van der Waals surface area (Å²) in [6, 6.07) is 11.8. The van der Waals surface area contributed by atoms with E-state index in [-0.39, 0.29) is 23.9 Å². The molecule has 1 heterocycles. The topological polar surface area (TPSA) is 84.9 Å². The average Bonchev–Trinajstić information content (AvgIpc) is 2.61. The van der Waals surface area contributed by atoms with Gasteiger partial charge in [0.15, 0.2) is 11.5 Å². The van der Waals surface area contributed by atoms with Gasteiger partial charge in [-0.3, -0.25) is 4.79 Å². The van der Waals surface area contributed by atoms with Crippen molar-refractivity contribution in [1.29, 1.82) is 0 Å². The number of aromatic carboxylic acids is 1. The third kappa shape index (κ3) is 4.09. The van der Waals surface area contributed by atoms with Gasteiger partial charge < -0.3 is 19.9 Å². The van der Waals surface area contributed by atoms with Gasteiger partial charge in [-0.25, -0.2) is 4.79 Å². The molecule has 25 heavy (non-hydrogen) atoms. The number of benzene rings is 2. The number of carboxylic acid groups (broad SMARTS) is 1. The number of carboxylic acids is 1. The van der Waals surface area contributed by atoms with Crippen LogP contribution < -0.4 is 14.8 Å². The van der Waals surface area contributed by atoms with Crippen LogP contribution in [0.1, 0.15) is 34.5 Å². The smallest absolute Gasteiger partial charge is 0.335 e. The van der Waals surface area contributed by atoms with Crippen molar-refractivity contribution in [3.05, 3.63) is 59.2 Å². The molecule has 1 aliphatic heterocycles. The molecule has 6 nitrogen and oxygen atoms in total. The molecule has 0 spiro atoms. The van der Waals surface area contributed by atoms with Crippen molar-refractivity contribution in [2.75, 3.05) is 13.2 Å². The summed E-state index contributed by atoms with van der Waals surface area (Å²) in [6.07, 6.45) is 0.121. The van der Waals surface area contributed by atoms with Gasteiger partial charge in [-0.1, -0.05) is 18.2 Å². The number of ether oxygens (including phenoxy) is 2. The summed E-state index contributed by atoms with van der Waals surface area (Å²) in [7, 11) is 0. The van der Waals surface area contributed by atoms with Gasteiger partial charge in [-0.2, -0.15) is 0 Å². The molecule has 6 heteroatoms. The molecule has 3 rings (SSSR count). The molecule has 0 aliphatic carbocycles. The number of hydrogen-bond donors (Lipinski definition) is 2. The van der Waals surface area contributed by atoms with Crippen LogP contribution in [0.4, 0.5) is 0 Å². The lowest BCUT2D eigenvalue weighted by atomic mass is 10.1. The Morgan fingerprint density at radius 3 is 2.64 bits per heavy atom. The first-order valence-corrected chi connectivity index (χ1v) is 8.04. The van der Waals surface area contributed by atoms with Crippen LogP contribution in [-0.2, 0) is 11.2 Å². The Morgan fingerprint density at radius 2 is 1.88 bits per heavy atom. The Balaban J connectivity index is 1.64. The maximum atomic E-state index is 12.3. The summed E-state index contributed by atoms with van der Waals surface area (Å²) < 4.78 is 11.0. The Hall–Kier alpha value is -3.02. The van der Waals surface area contributed by atoms with Gasteiger partial charge in [0.1, 0.15) is 13.2 Å². The molecule has 2 aromatic rings.